The third kappa shape index (κ3) is 4.27. The van der Waals surface area contributed by atoms with Crippen molar-refractivity contribution in [2.45, 2.75) is 19.9 Å². The first kappa shape index (κ1) is 15.5. The Labute approximate surface area is 116 Å². The molecule has 0 fully saturated rings. The summed E-state index contributed by atoms with van der Waals surface area (Å²) in [6, 6.07) is 5.11. The predicted molar refractivity (Wildman–Crippen MR) is 73.5 cm³/mol. The van der Waals surface area contributed by atoms with Crippen LogP contribution in [0.3, 0.4) is 0 Å². The van der Waals surface area contributed by atoms with Gasteiger partial charge in [0.1, 0.15) is 6.54 Å². The van der Waals surface area contributed by atoms with Crippen LogP contribution in [0.2, 0.25) is 0 Å². The quantitative estimate of drug-likeness (QED) is 0.749. The first-order chi connectivity index (χ1) is 9.31. The van der Waals surface area contributed by atoms with Crippen LogP contribution in [0, 0.1) is 0 Å². The second kappa shape index (κ2) is 6.55. The molecule has 3 amide bonds. The summed E-state index contributed by atoms with van der Waals surface area (Å²) < 4.78 is 0. The van der Waals surface area contributed by atoms with Crippen molar-refractivity contribution >= 4 is 23.6 Å². The van der Waals surface area contributed by atoms with Crippen LogP contribution in [0.1, 0.15) is 24.2 Å². The van der Waals surface area contributed by atoms with Crippen molar-refractivity contribution in [1.82, 2.24) is 4.90 Å². The topological polar surface area (TPSA) is 113 Å². The molecular weight excluding hydrogens is 262 g/mol. The Bertz CT molecular complexity index is 528. The number of aromatic carboxylic acids is 1. The molecule has 0 bridgehead atoms. The molecule has 7 nitrogen and oxygen atoms in total. The molecule has 0 unspecified atom stereocenters. The lowest BCUT2D eigenvalue weighted by Crippen LogP contribution is -2.44. The molecule has 20 heavy (non-hydrogen) atoms. The van der Waals surface area contributed by atoms with Gasteiger partial charge in [0.2, 0.25) is 5.91 Å². The summed E-state index contributed by atoms with van der Waals surface area (Å²) in [5.74, 6) is -1.70. The Morgan fingerprint density at radius 1 is 1.35 bits per heavy atom. The van der Waals surface area contributed by atoms with E-state index < -0.39 is 17.9 Å². The van der Waals surface area contributed by atoms with E-state index in [9.17, 15) is 14.4 Å². The number of carbonyl (C=O) groups is 3. The highest BCUT2D eigenvalue weighted by molar-refractivity contribution is 5.94. The molecule has 0 aliphatic heterocycles. The van der Waals surface area contributed by atoms with E-state index in [-0.39, 0.29) is 18.2 Å². The fraction of sp³-hybridized carbons (Fsp3) is 0.308. The molecule has 108 valence electrons. The molecule has 0 aliphatic rings. The second-order valence-electron chi connectivity index (χ2n) is 4.50. The molecule has 0 saturated heterocycles. The van der Waals surface area contributed by atoms with Crippen molar-refractivity contribution < 1.29 is 19.5 Å². The molecule has 0 atom stereocenters. The maximum Gasteiger partial charge on any atom is 0.335 e. The van der Waals surface area contributed by atoms with Crippen LogP contribution in [-0.4, -0.2) is 40.5 Å². The van der Waals surface area contributed by atoms with Crippen molar-refractivity contribution in [3.8, 4) is 0 Å². The third-order valence-corrected chi connectivity index (χ3v) is 2.57. The number of nitrogens with zero attached hydrogens (tertiary/aromatic N) is 1. The maximum atomic E-state index is 12.0. The normalized spacial score (nSPS) is 10.2. The minimum absolute atomic E-state index is 0.0637. The molecule has 0 heterocycles. The summed E-state index contributed by atoms with van der Waals surface area (Å²) in [7, 11) is 0. The summed E-state index contributed by atoms with van der Waals surface area (Å²) in [5.41, 5.74) is 5.49. The SMILES string of the molecule is CC(C)N(CC(N)=O)C(=O)Nc1cccc(C(=O)O)c1. The van der Waals surface area contributed by atoms with Gasteiger partial charge in [-0.3, -0.25) is 4.79 Å². The zero-order valence-electron chi connectivity index (χ0n) is 11.3. The summed E-state index contributed by atoms with van der Waals surface area (Å²) in [6.45, 7) is 3.29. The van der Waals surface area contributed by atoms with E-state index >= 15 is 0 Å². The third-order valence-electron chi connectivity index (χ3n) is 2.57. The standard InChI is InChI=1S/C13H17N3O4/c1-8(2)16(7-11(14)17)13(20)15-10-5-3-4-9(6-10)12(18)19/h3-6,8H,7H2,1-2H3,(H2,14,17)(H,15,20)(H,18,19). The molecule has 0 aliphatic carbocycles. The Morgan fingerprint density at radius 3 is 2.50 bits per heavy atom. The van der Waals surface area contributed by atoms with Crippen LogP contribution >= 0.6 is 0 Å². The highest BCUT2D eigenvalue weighted by Crippen LogP contribution is 2.12. The van der Waals surface area contributed by atoms with E-state index in [4.69, 9.17) is 10.8 Å². The van der Waals surface area contributed by atoms with Gasteiger partial charge in [-0.2, -0.15) is 0 Å². The first-order valence-electron chi connectivity index (χ1n) is 6.00. The highest BCUT2D eigenvalue weighted by atomic mass is 16.4. The predicted octanol–water partition coefficient (Wildman–Crippen LogP) is 1.11. The van der Waals surface area contributed by atoms with Crippen LogP contribution in [0.4, 0.5) is 10.5 Å². The van der Waals surface area contributed by atoms with Gasteiger partial charge < -0.3 is 21.1 Å². The Morgan fingerprint density at radius 2 is 2.00 bits per heavy atom. The Balaban J connectivity index is 2.85. The molecule has 1 aromatic carbocycles. The Hall–Kier alpha value is -2.57. The number of rotatable bonds is 5. The zero-order valence-corrected chi connectivity index (χ0v) is 11.3. The lowest BCUT2D eigenvalue weighted by atomic mass is 10.2. The number of urea groups is 1. The number of amides is 3. The van der Waals surface area contributed by atoms with Gasteiger partial charge in [0.05, 0.1) is 5.56 Å². The number of hydrogen-bond donors (Lipinski definition) is 3. The van der Waals surface area contributed by atoms with Gasteiger partial charge in [0.15, 0.2) is 0 Å². The minimum atomic E-state index is -1.08. The van der Waals surface area contributed by atoms with Crippen molar-refractivity contribution in [3.05, 3.63) is 29.8 Å². The van der Waals surface area contributed by atoms with Gasteiger partial charge in [-0.05, 0) is 32.0 Å². The average Bonchev–Trinajstić information content (AvgIpc) is 2.35. The summed E-state index contributed by atoms with van der Waals surface area (Å²) in [6.07, 6.45) is 0. The van der Waals surface area contributed by atoms with Crippen LogP contribution in [-0.2, 0) is 4.79 Å². The van der Waals surface area contributed by atoms with E-state index in [1.807, 2.05) is 0 Å². The molecule has 0 aromatic heterocycles. The first-order valence-corrected chi connectivity index (χ1v) is 6.00. The number of benzene rings is 1. The maximum absolute atomic E-state index is 12.0. The molecule has 1 rings (SSSR count). The molecule has 4 N–H and O–H groups in total. The number of carboxylic acid groups (broad SMARTS) is 1. The largest absolute Gasteiger partial charge is 0.478 e. The van der Waals surface area contributed by atoms with Crippen molar-refractivity contribution in [2.24, 2.45) is 5.73 Å². The van der Waals surface area contributed by atoms with Crippen LogP contribution < -0.4 is 11.1 Å². The number of nitrogens with one attached hydrogen (secondary N) is 1. The smallest absolute Gasteiger partial charge is 0.335 e. The number of carboxylic acids is 1. The van der Waals surface area contributed by atoms with Gasteiger partial charge in [-0.1, -0.05) is 6.07 Å². The van der Waals surface area contributed by atoms with Gasteiger partial charge >= 0.3 is 12.0 Å². The van der Waals surface area contributed by atoms with Gasteiger partial charge in [-0.25, -0.2) is 9.59 Å². The highest BCUT2D eigenvalue weighted by Gasteiger charge is 2.19. The number of anilines is 1. The molecule has 0 spiro atoms. The summed E-state index contributed by atoms with van der Waals surface area (Å²) >= 11 is 0. The monoisotopic (exact) mass is 279 g/mol. The molecule has 0 saturated carbocycles. The fourth-order valence-electron chi connectivity index (χ4n) is 1.58. The number of carbonyl (C=O) groups excluding carboxylic acids is 2. The van der Waals surface area contributed by atoms with E-state index in [1.54, 1.807) is 19.9 Å². The molecule has 0 radical (unpaired) electrons. The van der Waals surface area contributed by atoms with Gasteiger partial charge in [0, 0.05) is 11.7 Å². The van der Waals surface area contributed by atoms with E-state index in [2.05, 4.69) is 5.32 Å². The number of primary amides is 1. The molecular formula is C13H17N3O4. The van der Waals surface area contributed by atoms with Crippen molar-refractivity contribution in [1.29, 1.82) is 0 Å². The van der Waals surface area contributed by atoms with Gasteiger partial charge in [0.25, 0.3) is 0 Å². The summed E-state index contributed by atoms with van der Waals surface area (Å²) in [5, 5.41) is 11.4. The zero-order chi connectivity index (χ0) is 15.3. The van der Waals surface area contributed by atoms with E-state index in [0.29, 0.717) is 5.69 Å². The fourth-order valence-corrected chi connectivity index (χ4v) is 1.58. The second-order valence-corrected chi connectivity index (χ2v) is 4.50. The average molecular weight is 279 g/mol. The lowest BCUT2D eigenvalue weighted by Gasteiger charge is -2.25. The van der Waals surface area contributed by atoms with E-state index in [0.717, 1.165) is 0 Å². The number of nitrogens with two attached hydrogens (primary N) is 1. The summed E-state index contributed by atoms with van der Waals surface area (Å²) in [4.78, 5) is 35.1. The van der Waals surface area contributed by atoms with E-state index in [1.165, 1.54) is 23.1 Å². The van der Waals surface area contributed by atoms with Crippen molar-refractivity contribution in [2.75, 3.05) is 11.9 Å². The van der Waals surface area contributed by atoms with Crippen LogP contribution in [0.5, 0.6) is 0 Å². The van der Waals surface area contributed by atoms with Crippen LogP contribution in [0.25, 0.3) is 0 Å². The van der Waals surface area contributed by atoms with Crippen LogP contribution in [0.15, 0.2) is 24.3 Å². The number of hydrogen-bond acceptors (Lipinski definition) is 3. The molecule has 1 aromatic rings. The minimum Gasteiger partial charge on any atom is -0.478 e. The lowest BCUT2D eigenvalue weighted by molar-refractivity contribution is -0.118. The van der Waals surface area contributed by atoms with Gasteiger partial charge in [-0.15, -0.1) is 0 Å². The molecule has 7 heteroatoms. The Kier molecular flexibility index (Phi) is 5.08. The van der Waals surface area contributed by atoms with Crippen molar-refractivity contribution in [3.63, 3.8) is 0 Å².